The highest BCUT2D eigenvalue weighted by atomic mass is 32.2. The molecule has 0 saturated carbocycles. The fraction of sp³-hybridized carbons (Fsp3) is 0.250. The molecule has 0 aliphatic carbocycles. The maximum atomic E-state index is 11.5. The number of hydrogen-bond acceptors (Lipinski definition) is 6. The Kier molecular flexibility index (Phi) is 3.94. The van der Waals surface area contributed by atoms with Crippen LogP contribution in [0.5, 0.6) is 0 Å². The topological polar surface area (TPSA) is 122 Å². The second kappa shape index (κ2) is 5.52. The van der Waals surface area contributed by atoms with Crippen LogP contribution in [-0.2, 0) is 9.84 Å². The van der Waals surface area contributed by atoms with E-state index in [0.29, 0.717) is 5.56 Å². The first kappa shape index (κ1) is 15.0. The molecule has 9 heteroatoms. The van der Waals surface area contributed by atoms with Gasteiger partial charge in [0.25, 0.3) is 0 Å². The minimum atomic E-state index is -3.33. The van der Waals surface area contributed by atoms with Gasteiger partial charge in [0, 0.05) is 11.8 Å². The molecule has 2 N–H and O–H groups in total. The van der Waals surface area contributed by atoms with E-state index in [1.165, 1.54) is 12.1 Å². The molecule has 112 valence electrons. The summed E-state index contributed by atoms with van der Waals surface area (Å²) < 4.78 is 28.0. The van der Waals surface area contributed by atoms with Crippen LogP contribution in [0.3, 0.4) is 0 Å². The number of sulfone groups is 1. The Morgan fingerprint density at radius 1 is 1.43 bits per heavy atom. The van der Waals surface area contributed by atoms with E-state index in [1.807, 2.05) is 0 Å². The third-order valence-corrected chi connectivity index (χ3v) is 3.78. The van der Waals surface area contributed by atoms with Crippen LogP contribution in [0.4, 0.5) is 4.79 Å². The summed E-state index contributed by atoms with van der Waals surface area (Å²) in [6.07, 6.45) is -0.103. The molecule has 0 bridgehead atoms. The van der Waals surface area contributed by atoms with Crippen molar-refractivity contribution in [2.24, 2.45) is 0 Å². The summed E-state index contributed by atoms with van der Waals surface area (Å²) in [5, 5.41) is 14.5. The average molecular weight is 311 g/mol. The largest absolute Gasteiger partial charge is 0.465 e. The minimum Gasteiger partial charge on any atom is -0.465 e. The molecular formula is C12H13N3O5S. The summed E-state index contributed by atoms with van der Waals surface area (Å²) >= 11 is 0. The summed E-state index contributed by atoms with van der Waals surface area (Å²) in [6.45, 7) is 1.55. The van der Waals surface area contributed by atoms with E-state index >= 15 is 0 Å². The number of carboxylic acid groups (broad SMARTS) is 1. The minimum absolute atomic E-state index is 0.0946. The molecule has 0 radical (unpaired) electrons. The van der Waals surface area contributed by atoms with Gasteiger partial charge in [-0.1, -0.05) is 17.3 Å². The van der Waals surface area contributed by atoms with Gasteiger partial charge in [-0.05, 0) is 19.1 Å². The highest BCUT2D eigenvalue weighted by molar-refractivity contribution is 7.90. The van der Waals surface area contributed by atoms with Crippen LogP contribution >= 0.6 is 0 Å². The van der Waals surface area contributed by atoms with Gasteiger partial charge < -0.3 is 14.9 Å². The summed E-state index contributed by atoms with van der Waals surface area (Å²) in [7, 11) is -3.33. The molecular weight excluding hydrogens is 298 g/mol. The zero-order valence-corrected chi connectivity index (χ0v) is 12.1. The van der Waals surface area contributed by atoms with Crippen LogP contribution in [0.25, 0.3) is 11.4 Å². The molecule has 8 nitrogen and oxygen atoms in total. The molecule has 1 unspecified atom stereocenters. The van der Waals surface area contributed by atoms with Crippen molar-refractivity contribution in [1.82, 2.24) is 15.5 Å². The summed E-state index contributed by atoms with van der Waals surface area (Å²) in [5.41, 5.74) is 0.468. The number of rotatable bonds is 4. The number of aromatic nitrogens is 2. The van der Waals surface area contributed by atoms with Crippen molar-refractivity contribution in [1.29, 1.82) is 0 Å². The summed E-state index contributed by atoms with van der Waals surface area (Å²) in [6, 6.07) is 5.44. The van der Waals surface area contributed by atoms with Gasteiger partial charge in [-0.25, -0.2) is 13.2 Å². The van der Waals surface area contributed by atoms with E-state index < -0.39 is 22.0 Å². The number of benzene rings is 1. The molecule has 1 aromatic heterocycles. The lowest BCUT2D eigenvalue weighted by atomic mass is 10.2. The lowest BCUT2D eigenvalue weighted by molar-refractivity contribution is 0.187. The van der Waals surface area contributed by atoms with Gasteiger partial charge >= 0.3 is 6.09 Å². The molecule has 1 atom stereocenters. The molecule has 1 aromatic carbocycles. The van der Waals surface area contributed by atoms with Gasteiger partial charge in [0.05, 0.1) is 4.90 Å². The van der Waals surface area contributed by atoms with Crippen LogP contribution in [-0.4, -0.2) is 36.0 Å². The fourth-order valence-electron chi connectivity index (χ4n) is 1.64. The summed E-state index contributed by atoms with van der Waals surface area (Å²) in [4.78, 5) is 14.7. The second-order valence-electron chi connectivity index (χ2n) is 4.43. The van der Waals surface area contributed by atoms with Gasteiger partial charge in [-0.3, -0.25) is 0 Å². The highest BCUT2D eigenvalue weighted by Crippen LogP contribution is 2.21. The van der Waals surface area contributed by atoms with Crippen molar-refractivity contribution < 1.29 is 22.8 Å². The maximum absolute atomic E-state index is 11.5. The van der Waals surface area contributed by atoms with E-state index in [2.05, 4.69) is 15.5 Å². The normalized spacial score (nSPS) is 12.9. The van der Waals surface area contributed by atoms with Crippen molar-refractivity contribution in [2.75, 3.05) is 6.26 Å². The molecule has 0 spiro atoms. The number of amides is 1. The predicted molar refractivity (Wildman–Crippen MR) is 72.4 cm³/mol. The maximum Gasteiger partial charge on any atom is 0.405 e. The van der Waals surface area contributed by atoms with Crippen LogP contribution in [0, 0.1) is 0 Å². The quantitative estimate of drug-likeness (QED) is 0.876. The Morgan fingerprint density at radius 3 is 2.76 bits per heavy atom. The molecule has 2 rings (SSSR count). The number of hydrogen-bond donors (Lipinski definition) is 2. The van der Waals surface area contributed by atoms with Crippen LogP contribution < -0.4 is 5.32 Å². The number of nitrogens with zero attached hydrogens (tertiary/aromatic N) is 2. The van der Waals surface area contributed by atoms with Crippen molar-refractivity contribution in [3.05, 3.63) is 30.2 Å². The Labute approximate surface area is 120 Å². The second-order valence-corrected chi connectivity index (χ2v) is 6.44. The van der Waals surface area contributed by atoms with E-state index in [9.17, 15) is 13.2 Å². The van der Waals surface area contributed by atoms with Crippen molar-refractivity contribution in [3.63, 3.8) is 0 Å². The van der Waals surface area contributed by atoms with Crippen LogP contribution in [0.15, 0.2) is 33.7 Å². The lowest BCUT2D eigenvalue weighted by Crippen LogP contribution is -2.24. The SMILES string of the molecule is CC(NC(=O)O)c1nc(-c2cccc(S(C)(=O)=O)c2)no1. The zero-order chi connectivity index (χ0) is 15.6. The smallest absolute Gasteiger partial charge is 0.405 e. The van der Waals surface area contributed by atoms with E-state index in [0.717, 1.165) is 6.26 Å². The highest BCUT2D eigenvalue weighted by Gasteiger charge is 2.17. The molecule has 1 heterocycles. The predicted octanol–water partition coefficient (Wildman–Crippen LogP) is 1.47. The molecule has 0 aliphatic heterocycles. The number of carbonyl (C=O) groups is 1. The Hall–Kier alpha value is -2.42. The van der Waals surface area contributed by atoms with Gasteiger partial charge in [-0.2, -0.15) is 4.98 Å². The average Bonchev–Trinajstić information content (AvgIpc) is 2.86. The molecule has 0 saturated heterocycles. The van der Waals surface area contributed by atoms with E-state index in [-0.39, 0.29) is 16.6 Å². The first-order chi connectivity index (χ1) is 9.77. The van der Waals surface area contributed by atoms with Gasteiger partial charge in [0.2, 0.25) is 11.7 Å². The molecule has 1 amide bonds. The third-order valence-electron chi connectivity index (χ3n) is 2.67. The molecule has 2 aromatic rings. The molecule has 21 heavy (non-hydrogen) atoms. The van der Waals surface area contributed by atoms with Gasteiger partial charge in [0.1, 0.15) is 6.04 Å². The van der Waals surface area contributed by atoms with E-state index in [1.54, 1.807) is 19.1 Å². The lowest BCUT2D eigenvalue weighted by Gasteiger charge is -2.04. The third kappa shape index (κ3) is 3.57. The summed E-state index contributed by atoms with van der Waals surface area (Å²) in [5.74, 6) is 0.284. The van der Waals surface area contributed by atoms with E-state index in [4.69, 9.17) is 9.63 Å². The Morgan fingerprint density at radius 2 is 2.14 bits per heavy atom. The van der Waals surface area contributed by atoms with Gasteiger partial charge in [-0.15, -0.1) is 0 Å². The van der Waals surface area contributed by atoms with Crippen LogP contribution in [0.2, 0.25) is 0 Å². The standard InChI is InChI=1S/C12H13N3O5S/c1-7(13-12(16)17)11-14-10(15-20-11)8-4-3-5-9(6-8)21(2,18)19/h3-7,13H,1-2H3,(H,16,17). The first-order valence-electron chi connectivity index (χ1n) is 5.91. The molecule has 0 aliphatic rings. The number of nitrogens with one attached hydrogen (secondary N) is 1. The molecule has 0 fully saturated rings. The fourth-order valence-corrected chi connectivity index (χ4v) is 2.31. The Bertz CT molecular complexity index is 769. The van der Waals surface area contributed by atoms with Crippen molar-refractivity contribution >= 4 is 15.9 Å². The zero-order valence-electron chi connectivity index (χ0n) is 11.3. The van der Waals surface area contributed by atoms with Crippen molar-refractivity contribution in [3.8, 4) is 11.4 Å². The van der Waals surface area contributed by atoms with Gasteiger partial charge in [0.15, 0.2) is 9.84 Å². The van der Waals surface area contributed by atoms with Crippen LogP contribution in [0.1, 0.15) is 18.9 Å². The monoisotopic (exact) mass is 311 g/mol. The first-order valence-corrected chi connectivity index (χ1v) is 7.80. The Balaban J connectivity index is 2.32. The van der Waals surface area contributed by atoms with Crippen molar-refractivity contribution in [2.45, 2.75) is 17.9 Å².